The fourth-order valence-corrected chi connectivity index (χ4v) is 0. The van der Waals surface area contributed by atoms with Crippen molar-refractivity contribution >= 4 is 22.5 Å². The van der Waals surface area contributed by atoms with Crippen molar-refractivity contribution < 1.29 is 49.1 Å². The molecular formula is H3NaO4Sn. The van der Waals surface area contributed by atoms with Gasteiger partial charge in [0.2, 0.25) is 0 Å². The SMILES string of the molecule is [Na+].[OH-].[OH-].[OH-].[O]=[Sn+2]. The number of hydrogen-bond acceptors (Lipinski definition) is 4. The second-order valence-electron chi connectivity index (χ2n) is 0. The van der Waals surface area contributed by atoms with E-state index in [-0.39, 0.29) is 46.0 Å². The molecule has 0 heterocycles. The van der Waals surface area contributed by atoms with Crippen molar-refractivity contribution in [3.05, 3.63) is 0 Å². The molecule has 0 aliphatic heterocycles. The fraction of sp³-hybridized carbons (Fsp3) is 0. The third kappa shape index (κ3) is 50.3. The maximum atomic E-state index is 8.34. The average Bonchev–Trinajstić information content (AvgIpc) is 1.00. The van der Waals surface area contributed by atoms with E-state index in [4.69, 9.17) is 3.08 Å². The van der Waals surface area contributed by atoms with Crippen LogP contribution in [0.2, 0.25) is 0 Å². The van der Waals surface area contributed by atoms with Crippen LogP contribution in [0.15, 0.2) is 0 Å². The Hall–Kier alpha value is 1.48. The van der Waals surface area contributed by atoms with Gasteiger partial charge in [0.15, 0.2) is 0 Å². The Labute approximate surface area is 71.0 Å². The van der Waals surface area contributed by atoms with Gasteiger partial charge in [0.25, 0.3) is 0 Å². The van der Waals surface area contributed by atoms with Gasteiger partial charge < -0.3 is 16.4 Å². The molecule has 0 radical (unpaired) electrons. The molecule has 0 aliphatic carbocycles. The summed E-state index contributed by atoms with van der Waals surface area (Å²) >= 11 is 0.300. The normalized spacial score (nSPS) is 1.00. The van der Waals surface area contributed by atoms with Crippen molar-refractivity contribution in [3.63, 3.8) is 0 Å². The van der Waals surface area contributed by atoms with Crippen LogP contribution in [0.1, 0.15) is 0 Å². The van der Waals surface area contributed by atoms with Gasteiger partial charge in [-0.1, -0.05) is 0 Å². The first-order valence-corrected chi connectivity index (χ1v) is 1.37. The zero-order valence-corrected chi connectivity index (χ0v) is 8.10. The molecule has 0 aromatic rings. The molecule has 6 heteroatoms. The standard InChI is InChI=1S/Na.3H2O.O.Sn/h;3*1H2;;/q+1;;;;;+2/p-3. The van der Waals surface area contributed by atoms with Gasteiger partial charge in [-0.3, -0.25) is 0 Å². The van der Waals surface area contributed by atoms with Gasteiger partial charge in [-0.2, -0.15) is 0 Å². The van der Waals surface area contributed by atoms with Crippen molar-refractivity contribution in [2.24, 2.45) is 0 Å². The van der Waals surface area contributed by atoms with Crippen LogP contribution in [-0.4, -0.2) is 38.9 Å². The second-order valence-corrected chi connectivity index (χ2v) is 0. The van der Waals surface area contributed by atoms with Gasteiger partial charge in [0.1, 0.15) is 0 Å². The fourth-order valence-electron chi connectivity index (χ4n) is 0. The van der Waals surface area contributed by atoms with E-state index in [1.54, 1.807) is 0 Å². The first kappa shape index (κ1) is 51.1. The van der Waals surface area contributed by atoms with E-state index in [9.17, 15) is 0 Å². The molecule has 0 saturated carbocycles. The quantitative estimate of drug-likeness (QED) is 0.378. The zero-order valence-electron chi connectivity index (χ0n) is 3.25. The molecule has 0 bridgehead atoms. The second kappa shape index (κ2) is 88.9. The van der Waals surface area contributed by atoms with E-state index in [1.165, 1.54) is 0 Å². The minimum atomic E-state index is 0. The molecule has 32 valence electrons. The van der Waals surface area contributed by atoms with Gasteiger partial charge in [0.05, 0.1) is 0 Å². The monoisotopic (exact) mass is 210 g/mol. The van der Waals surface area contributed by atoms with E-state index in [2.05, 4.69) is 0 Å². The Kier molecular flexibility index (Phi) is 757. The molecule has 0 spiro atoms. The molecule has 0 aromatic carbocycles. The van der Waals surface area contributed by atoms with Gasteiger partial charge in [-0.25, -0.2) is 0 Å². The van der Waals surface area contributed by atoms with Gasteiger partial charge in [0, 0.05) is 0 Å². The van der Waals surface area contributed by atoms with Crippen molar-refractivity contribution in [2.75, 3.05) is 0 Å². The van der Waals surface area contributed by atoms with E-state index < -0.39 is 0 Å². The minimum absolute atomic E-state index is 0. The van der Waals surface area contributed by atoms with E-state index >= 15 is 0 Å². The summed E-state index contributed by atoms with van der Waals surface area (Å²) in [4.78, 5) is 0. The molecular weight excluding hydrogens is 206 g/mol. The summed E-state index contributed by atoms with van der Waals surface area (Å²) in [6.45, 7) is 0. The maximum absolute atomic E-state index is 8.34. The summed E-state index contributed by atoms with van der Waals surface area (Å²) in [5, 5.41) is 0. The van der Waals surface area contributed by atoms with Crippen LogP contribution in [0.3, 0.4) is 0 Å². The number of hydrogen-bond donors (Lipinski definition) is 0. The molecule has 0 fully saturated rings. The van der Waals surface area contributed by atoms with Gasteiger partial charge >= 0.3 is 55.1 Å². The Balaban J connectivity index is -0.000000000833. The van der Waals surface area contributed by atoms with E-state index in [0.717, 1.165) is 0 Å². The van der Waals surface area contributed by atoms with Crippen LogP contribution in [0.4, 0.5) is 0 Å². The predicted octanol–water partition coefficient (Wildman–Crippen LogP) is -4.03. The Morgan fingerprint density at radius 2 is 0.833 bits per heavy atom. The average molecular weight is 209 g/mol. The summed E-state index contributed by atoms with van der Waals surface area (Å²) in [5.74, 6) is 0. The summed E-state index contributed by atoms with van der Waals surface area (Å²) in [6.07, 6.45) is 0. The van der Waals surface area contributed by atoms with Crippen LogP contribution in [0, 0.1) is 0 Å². The Bertz CT molecular complexity index is 7.51. The molecule has 0 saturated heterocycles. The van der Waals surface area contributed by atoms with E-state index in [1.807, 2.05) is 0 Å². The van der Waals surface area contributed by atoms with Gasteiger partial charge in [-0.15, -0.1) is 0 Å². The van der Waals surface area contributed by atoms with Crippen molar-refractivity contribution in [1.29, 1.82) is 0 Å². The third-order valence-electron chi connectivity index (χ3n) is 0. The molecule has 0 aliphatic rings. The first-order chi connectivity index (χ1) is 1.00. The summed E-state index contributed by atoms with van der Waals surface area (Å²) in [5.41, 5.74) is 0. The van der Waals surface area contributed by atoms with Crippen molar-refractivity contribution in [1.82, 2.24) is 0 Å². The first-order valence-electron chi connectivity index (χ1n) is 0.204. The van der Waals surface area contributed by atoms with Crippen molar-refractivity contribution in [3.8, 4) is 0 Å². The summed E-state index contributed by atoms with van der Waals surface area (Å²) in [7, 11) is 0. The number of rotatable bonds is 0. The summed E-state index contributed by atoms with van der Waals surface area (Å²) < 4.78 is 8.34. The van der Waals surface area contributed by atoms with Crippen LogP contribution in [0.25, 0.3) is 0 Å². The van der Waals surface area contributed by atoms with Crippen LogP contribution in [-0.2, 0) is 3.08 Å². The molecule has 6 heavy (non-hydrogen) atoms. The zero-order chi connectivity index (χ0) is 2.00. The molecule has 0 aromatic heterocycles. The topological polar surface area (TPSA) is 107 Å². The van der Waals surface area contributed by atoms with Crippen LogP contribution in [0.5, 0.6) is 0 Å². The van der Waals surface area contributed by atoms with Crippen LogP contribution >= 0.6 is 0 Å². The Morgan fingerprint density at radius 1 is 0.833 bits per heavy atom. The van der Waals surface area contributed by atoms with Crippen LogP contribution < -0.4 is 29.6 Å². The molecule has 4 nitrogen and oxygen atoms in total. The van der Waals surface area contributed by atoms with Gasteiger partial charge in [-0.05, 0) is 0 Å². The predicted molar refractivity (Wildman–Crippen MR) is 12.2 cm³/mol. The molecule has 0 amide bonds. The summed E-state index contributed by atoms with van der Waals surface area (Å²) in [6, 6.07) is 0. The molecule has 0 atom stereocenters. The molecule has 0 rings (SSSR count). The Morgan fingerprint density at radius 3 is 0.833 bits per heavy atom. The van der Waals surface area contributed by atoms with Crippen molar-refractivity contribution in [2.45, 2.75) is 0 Å². The third-order valence-corrected chi connectivity index (χ3v) is 0. The molecule has 0 unspecified atom stereocenters. The molecule has 3 N–H and O–H groups in total. The van der Waals surface area contributed by atoms with E-state index in [0.29, 0.717) is 22.5 Å².